The Labute approximate surface area is 125 Å². The van der Waals surface area contributed by atoms with Gasteiger partial charge in [0.05, 0.1) is 0 Å². The molecule has 0 amide bonds. The van der Waals surface area contributed by atoms with Crippen LogP contribution in [0.1, 0.15) is 17.8 Å². The fourth-order valence-corrected chi connectivity index (χ4v) is 3.62. The monoisotopic (exact) mass is 309 g/mol. The van der Waals surface area contributed by atoms with Crippen LogP contribution in [-0.4, -0.2) is 45.3 Å². The molecule has 2 aromatic rings. The molecule has 1 fully saturated rings. The van der Waals surface area contributed by atoms with Crippen LogP contribution in [0, 0.1) is 6.92 Å². The van der Waals surface area contributed by atoms with E-state index in [4.69, 9.17) is 0 Å². The quantitative estimate of drug-likeness (QED) is 0.916. The Morgan fingerprint density at radius 1 is 1.15 bits per heavy atom. The van der Waals surface area contributed by atoms with Crippen LogP contribution in [0.5, 0.6) is 0 Å². The number of nitrogens with one attached hydrogen (secondary N) is 1. The molecule has 1 aliphatic rings. The third-order valence-electron chi connectivity index (χ3n) is 2.90. The van der Waals surface area contributed by atoms with Gasteiger partial charge in [0.25, 0.3) is 0 Å². The van der Waals surface area contributed by atoms with Gasteiger partial charge in [0.15, 0.2) is 4.34 Å². The zero-order valence-corrected chi connectivity index (χ0v) is 13.0. The molecule has 3 heterocycles. The lowest BCUT2D eigenvalue weighted by Crippen LogP contribution is -2.21. The van der Waals surface area contributed by atoms with Gasteiger partial charge in [0, 0.05) is 20.1 Å². The van der Waals surface area contributed by atoms with E-state index >= 15 is 0 Å². The van der Waals surface area contributed by atoms with E-state index in [1.807, 2.05) is 14.0 Å². The summed E-state index contributed by atoms with van der Waals surface area (Å²) in [4.78, 5) is 15.5. The first-order valence-corrected chi connectivity index (χ1v) is 8.04. The first-order valence-electron chi connectivity index (χ1n) is 6.41. The summed E-state index contributed by atoms with van der Waals surface area (Å²) >= 11 is 2.97. The van der Waals surface area contributed by atoms with Crippen LogP contribution in [0.3, 0.4) is 0 Å². The number of aromatic nitrogens is 5. The van der Waals surface area contributed by atoms with Gasteiger partial charge in [-0.15, -0.1) is 10.2 Å². The molecule has 0 radical (unpaired) electrons. The molecule has 0 unspecified atom stereocenters. The molecule has 9 heteroatoms. The highest BCUT2D eigenvalue weighted by Crippen LogP contribution is 2.29. The highest BCUT2D eigenvalue weighted by atomic mass is 32.2. The summed E-state index contributed by atoms with van der Waals surface area (Å²) in [5.74, 6) is 1.33. The molecule has 0 aliphatic carbocycles. The SMILES string of the molecule is CNc1nc(Sc2nnc(C)s2)nc(N2CCCC2)n1. The topological polar surface area (TPSA) is 79.7 Å². The second kappa shape index (κ2) is 5.88. The number of hydrogen-bond acceptors (Lipinski definition) is 9. The summed E-state index contributed by atoms with van der Waals surface area (Å²) < 4.78 is 0.850. The van der Waals surface area contributed by atoms with Crippen molar-refractivity contribution in [1.29, 1.82) is 0 Å². The lowest BCUT2D eigenvalue weighted by atomic mass is 10.4. The molecule has 1 N–H and O–H groups in total. The van der Waals surface area contributed by atoms with Gasteiger partial charge < -0.3 is 10.2 Å². The third kappa shape index (κ3) is 2.98. The van der Waals surface area contributed by atoms with Crippen molar-refractivity contribution < 1.29 is 0 Å². The molecule has 7 nitrogen and oxygen atoms in total. The molecule has 1 aliphatic heterocycles. The zero-order valence-electron chi connectivity index (χ0n) is 11.3. The van der Waals surface area contributed by atoms with E-state index in [0.29, 0.717) is 11.1 Å². The molecule has 0 aromatic carbocycles. The van der Waals surface area contributed by atoms with Gasteiger partial charge in [-0.1, -0.05) is 11.3 Å². The number of anilines is 2. The minimum Gasteiger partial charge on any atom is -0.357 e. The maximum absolute atomic E-state index is 4.53. The Hall–Kier alpha value is -1.48. The molecule has 20 heavy (non-hydrogen) atoms. The van der Waals surface area contributed by atoms with Crippen LogP contribution in [0.2, 0.25) is 0 Å². The average molecular weight is 309 g/mol. The van der Waals surface area contributed by atoms with E-state index in [0.717, 1.165) is 28.4 Å². The summed E-state index contributed by atoms with van der Waals surface area (Å²) in [6, 6.07) is 0. The van der Waals surface area contributed by atoms with Crippen LogP contribution in [0.25, 0.3) is 0 Å². The van der Waals surface area contributed by atoms with E-state index in [-0.39, 0.29) is 0 Å². The molecule has 0 saturated carbocycles. The van der Waals surface area contributed by atoms with Gasteiger partial charge in [-0.25, -0.2) is 0 Å². The number of rotatable bonds is 4. The van der Waals surface area contributed by atoms with Gasteiger partial charge in [-0.05, 0) is 31.5 Å². The van der Waals surface area contributed by atoms with Crippen molar-refractivity contribution in [2.45, 2.75) is 29.3 Å². The molecule has 2 aromatic heterocycles. The third-order valence-corrected chi connectivity index (χ3v) is 4.66. The first-order chi connectivity index (χ1) is 9.74. The van der Waals surface area contributed by atoms with Crippen molar-refractivity contribution in [1.82, 2.24) is 25.1 Å². The van der Waals surface area contributed by atoms with E-state index < -0.39 is 0 Å². The molecule has 0 spiro atoms. The van der Waals surface area contributed by atoms with E-state index in [2.05, 4.69) is 35.4 Å². The summed E-state index contributed by atoms with van der Waals surface area (Å²) in [5, 5.41) is 12.7. The maximum Gasteiger partial charge on any atom is 0.231 e. The van der Waals surface area contributed by atoms with Gasteiger partial charge in [-0.3, -0.25) is 0 Å². The second-order valence-corrected chi connectivity index (χ2v) is 6.77. The molecule has 3 rings (SSSR count). The second-order valence-electron chi connectivity index (χ2n) is 4.37. The molecular weight excluding hydrogens is 294 g/mol. The Bertz CT molecular complexity index is 594. The lowest BCUT2D eigenvalue weighted by molar-refractivity contribution is 0.829. The van der Waals surface area contributed by atoms with Gasteiger partial charge in [-0.2, -0.15) is 15.0 Å². The van der Waals surface area contributed by atoms with Crippen LogP contribution in [0.4, 0.5) is 11.9 Å². The summed E-state index contributed by atoms with van der Waals surface area (Å²) in [6.07, 6.45) is 2.39. The number of hydrogen-bond donors (Lipinski definition) is 1. The van der Waals surface area contributed by atoms with Crippen molar-refractivity contribution in [2.24, 2.45) is 0 Å². The van der Waals surface area contributed by atoms with Crippen LogP contribution >= 0.6 is 23.1 Å². The van der Waals surface area contributed by atoms with E-state index in [9.17, 15) is 0 Å². The van der Waals surface area contributed by atoms with E-state index in [1.165, 1.54) is 24.6 Å². The zero-order chi connectivity index (χ0) is 13.9. The van der Waals surface area contributed by atoms with Crippen LogP contribution in [-0.2, 0) is 0 Å². The normalized spacial score (nSPS) is 14.8. The average Bonchev–Trinajstić information content (AvgIpc) is 3.10. The minimum absolute atomic E-state index is 0.589. The van der Waals surface area contributed by atoms with Crippen molar-refractivity contribution in [3.05, 3.63) is 5.01 Å². The Balaban J connectivity index is 1.87. The summed E-state index contributed by atoms with van der Waals surface area (Å²) in [6.45, 7) is 3.95. The van der Waals surface area contributed by atoms with Gasteiger partial charge >= 0.3 is 0 Å². The predicted octanol–water partition coefficient (Wildman–Crippen LogP) is 1.82. The predicted molar refractivity (Wildman–Crippen MR) is 79.6 cm³/mol. The molecule has 0 bridgehead atoms. The Kier molecular flexibility index (Phi) is 3.97. The fraction of sp³-hybridized carbons (Fsp3) is 0.545. The standard InChI is InChI=1S/C11H15N7S2/c1-7-16-17-11(19-7)20-10-14-8(12-2)13-9(15-10)18-5-3-4-6-18/h3-6H2,1-2H3,(H,12,13,14,15). The Morgan fingerprint density at radius 3 is 2.60 bits per heavy atom. The summed E-state index contributed by atoms with van der Waals surface area (Å²) in [5.41, 5.74) is 0. The highest BCUT2D eigenvalue weighted by molar-refractivity contribution is 8.00. The van der Waals surface area contributed by atoms with Crippen LogP contribution in [0.15, 0.2) is 9.50 Å². The van der Waals surface area contributed by atoms with Crippen molar-refractivity contribution in [3.8, 4) is 0 Å². The van der Waals surface area contributed by atoms with Crippen molar-refractivity contribution in [3.63, 3.8) is 0 Å². The lowest BCUT2D eigenvalue weighted by Gasteiger charge is -2.15. The smallest absolute Gasteiger partial charge is 0.231 e. The van der Waals surface area contributed by atoms with Crippen molar-refractivity contribution >= 4 is 35.0 Å². The molecule has 1 saturated heterocycles. The van der Waals surface area contributed by atoms with Gasteiger partial charge in [0.1, 0.15) is 5.01 Å². The number of nitrogens with zero attached hydrogens (tertiary/aromatic N) is 6. The minimum atomic E-state index is 0.589. The van der Waals surface area contributed by atoms with E-state index in [1.54, 1.807) is 11.3 Å². The maximum atomic E-state index is 4.53. The molecule has 106 valence electrons. The fourth-order valence-electron chi connectivity index (χ4n) is 1.96. The highest BCUT2D eigenvalue weighted by Gasteiger charge is 2.18. The van der Waals surface area contributed by atoms with Crippen molar-refractivity contribution in [2.75, 3.05) is 30.4 Å². The molecule has 0 atom stereocenters. The molecular formula is C11H15N7S2. The number of aryl methyl sites for hydroxylation is 1. The largest absolute Gasteiger partial charge is 0.357 e. The Morgan fingerprint density at radius 2 is 1.95 bits per heavy atom. The van der Waals surface area contributed by atoms with Crippen LogP contribution < -0.4 is 10.2 Å². The first kappa shape index (κ1) is 13.5. The van der Waals surface area contributed by atoms with Gasteiger partial charge in [0.2, 0.25) is 17.1 Å². The summed E-state index contributed by atoms with van der Waals surface area (Å²) in [7, 11) is 1.81.